The molecule has 2 aromatic carbocycles. The van der Waals surface area contributed by atoms with Gasteiger partial charge in [-0.15, -0.1) is 11.8 Å². The summed E-state index contributed by atoms with van der Waals surface area (Å²) in [5.74, 6) is 0.539. The van der Waals surface area contributed by atoms with Gasteiger partial charge in [-0.1, -0.05) is 42.0 Å². The van der Waals surface area contributed by atoms with Crippen molar-refractivity contribution in [1.82, 2.24) is 5.32 Å². The Morgan fingerprint density at radius 1 is 0.962 bits per heavy atom. The Kier molecular flexibility index (Phi) is 7.15. The molecule has 3 nitrogen and oxygen atoms in total. The molecule has 1 aliphatic heterocycles. The molecule has 0 saturated carbocycles. The molecule has 2 aromatic rings. The van der Waals surface area contributed by atoms with Crippen LogP contribution in [-0.4, -0.2) is 24.7 Å². The fourth-order valence-electron chi connectivity index (χ4n) is 3.33. The first-order chi connectivity index (χ1) is 12.7. The van der Waals surface area contributed by atoms with E-state index >= 15 is 0 Å². The second kappa shape index (κ2) is 9.79. The molecule has 1 amide bonds. The summed E-state index contributed by atoms with van der Waals surface area (Å²) < 4.78 is 0. The molecule has 138 valence electrons. The molecule has 1 saturated heterocycles. The second-order valence-corrected chi connectivity index (χ2v) is 8.23. The van der Waals surface area contributed by atoms with Crippen LogP contribution in [0.4, 0.5) is 0 Å². The predicted molar refractivity (Wildman–Crippen MR) is 108 cm³/mol. The number of thioether (sulfide) groups is 1. The zero-order valence-electron chi connectivity index (χ0n) is 15.6. The van der Waals surface area contributed by atoms with Crippen LogP contribution in [0.25, 0.3) is 0 Å². The number of benzene rings is 2. The topological polar surface area (TPSA) is 33.5 Å². The average molecular weight is 370 g/mol. The van der Waals surface area contributed by atoms with Gasteiger partial charge in [0.1, 0.15) is 6.54 Å². The van der Waals surface area contributed by atoms with E-state index < -0.39 is 0 Å². The molecule has 2 N–H and O–H groups in total. The lowest BCUT2D eigenvalue weighted by atomic mass is 10.1. The first-order valence-corrected chi connectivity index (χ1v) is 10.6. The van der Waals surface area contributed by atoms with Crippen LogP contribution >= 0.6 is 11.8 Å². The van der Waals surface area contributed by atoms with Crippen molar-refractivity contribution in [2.75, 3.05) is 18.8 Å². The molecule has 0 bridgehead atoms. The zero-order valence-corrected chi connectivity index (χ0v) is 16.4. The lowest BCUT2D eigenvalue weighted by Crippen LogP contribution is -3.11. The molecule has 0 unspecified atom stereocenters. The standard InChI is InChI=1S/C22H28N2OS/c1-18-5-11-21(12-6-18)26-17-22(25)23-15-19-7-9-20(10-8-19)16-24-13-3-2-4-14-24/h5-12H,2-4,13-17H2,1H3,(H,23,25)/p+1. The van der Waals surface area contributed by atoms with Gasteiger partial charge in [-0.3, -0.25) is 4.79 Å². The summed E-state index contributed by atoms with van der Waals surface area (Å²) in [5, 5.41) is 3.02. The molecule has 0 spiro atoms. The Hall–Kier alpha value is -1.78. The van der Waals surface area contributed by atoms with Crippen molar-refractivity contribution in [3.8, 4) is 0 Å². The molecule has 1 fully saturated rings. The highest BCUT2D eigenvalue weighted by atomic mass is 32.2. The van der Waals surface area contributed by atoms with Crippen LogP contribution in [-0.2, 0) is 17.9 Å². The summed E-state index contributed by atoms with van der Waals surface area (Å²) in [6.45, 7) is 6.40. The van der Waals surface area contributed by atoms with E-state index in [4.69, 9.17) is 0 Å². The highest BCUT2D eigenvalue weighted by molar-refractivity contribution is 8.00. The SMILES string of the molecule is Cc1ccc(SCC(=O)NCc2ccc(C[NH+]3CCCCC3)cc2)cc1. The molecular formula is C22H29N2OS+. The number of hydrogen-bond acceptors (Lipinski definition) is 2. The number of likely N-dealkylation sites (tertiary alicyclic amines) is 1. The molecule has 1 heterocycles. The van der Waals surface area contributed by atoms with Gasteiger partial charge < -0.3 is 10.2 Å². The molecular weight excluding hydrogens is 340 g/mol. The van der Waals surface area contributed by atoms with Crippen molar-refractivity contribution in [2.45, 2.75) is 44.2 Å². The van der Waals surface area contributed by atoms with Crippen LogP contribution in [0.5, 0.6) is 0 Å². The maximum absolute atomic E-state index is 12.1. The molecule has 4 heteroatoms. The number of rotatable bonds is 7. The number of aryl methyl sites for hydroxylation is 1. The van der Waals surface area contributed by atoms with E-state index in [1.807, 2.05) is 0 Å². The first kappa shape index (κ1) is 19.0. The lowest BCUT2D eigenvalue weighted by molar-refractivity contribution is -0.918. The minimum absolute atomic E-state index is 0.0809. The summed E-state index contributed by atoms with van der Waals surface area (Å²) in [6, 6.07) is 17.0. The van der Waals surface area contributed by atoms with Gasteiger partial charge in [0.2, 0.25) is 5.91 Å². The van der Waals surface area contributed by atoms with E-state index in [0.29, 0.717) is 12.3 Å². The maximum Gasteiger partial charge on any atom is 0.230 e. The third-order valence-corrected chi connectivity index (χ3v) is 5.93. The Bertz CT molecular complexity index is 691. The van der Waals surface area contributed by atoms with Gasteiger partial charge in [-0.2, -0.15) is 0 Å². The number of hydrogen-bond donors (Lipinski definition) is 2. The minimum Gasteiger partial charge on any atom is -0.351 e. The van der Waals surface area contributed by atoms with E-state index in [-0.39, 0.29) is 5.91 Å². The summed E-state index contributed by atoms with van der Waals surface area (Å²) in [7, 11) is 0. The number of nitrogens with one attached hydrogen (secondary N) is 2. The lowest BCUT2D eigenvalue weighted by Gasteiger charge is -2.23. The van der Waals surface area contributed by atoms with Crippen LogP contribution in [0.1, 0.15) is 36.0 Å². The fraction of sp³-hybridized carbons (Fsp3) is 0.409. The highest BCUT2D eigenvalue weighted by Gasteiger charge is 2.13. The van der Waals surface area contributed by atoms with Gasteiger partial charge in [0.25, 0.3) is 0 Å². The molecule has 0 radical (unpaired) electrons. The van der Waals surface area contributed by atoms with Gasteiger partial charge in [0.15, 0.2) is 0 Å². The zero-order chi connectivity index (χ0) is 18.2. The van der Waals surface area contributed by atoms with Gasteiger partial charge in [0, 0.05) is 17.0 Å². The fourth-order valence-corrected chi connectivity index (χ4v) is 4.06. The number of quaternary nitrogens is 1. The Balaban J connectivity index is 1.39. The van der Waals surface area contributed by atoms with E-state index in [1.165, 1.54) is 43.5 Å². The number of amides is 1. The molecule has 3 rings (SSSR count). The smallest absolute Gasteiger partial charge is 0.230 e. The number of carbonyl (C=O) groups excluding carboxylic acids is 1. The third-order valence-electron chi connectivity index (χ3n) is 4.92. The minimum atomic E-state index is 0.0809. The van der Waals surface area contributed by atoms with Crippen LogP contribution in [0.2, 0.25) is 0 Å². The summed E-state index contributed by atoms with van der Waals surface area (Å²) in [5.41, 5.74) is 3.80. The van der Waals surface area contributed by atoms with Gasteiger partial charge in [-0.05, 0) is 43.9 Å². The summed E-state index contributed by atoms with van der Waals surface area (Å²) in [4.78, 5) is 14.9. The van der Waals surface area contributed by atoms with Crippen molar-refractivity contribution in [2.24, 2.45) is 0 Å². The van der Waals surface area contributed by atoms with Crippen molar-refractivity contribution < 1.29 is 9.69 Å². The quantitative estimate of drug-likeness (QED) is 0.736. The molecule has 0 aliphatic carbocycles. The third kappa shape index (κ3) is 6.19. The van der Waals surface area contributed by atoms with E-state index in [0.717, 1.165) is 17.0 Å². The van der Waals surface area contributed by atoms with Crippen LogP contribution in [0.3, 0.4) is 0 Å². The summed E-state index contributed by atoms with van der Waals surface area (Å²) in [6.07, 6.45) is 4.12. The maximum atomic E-state index is 12.1. The van der Waals surface area contributed by atoms with Gasteiger partial charge in [-0.25, -0.2) is 0 Å². The van der Waals surface area contributed by atoms with Gasteiger partial charge in [0.05, 0.1) is 18.8 Å². The Morgan fingerprint density at radius 3 is 2.31 bits per heavy atom. The van der Waals surface area contributed by atoms with Crippen LogP contribution in [0.15, 0.2) is 53.4 Å². The van der Waals surface area contributed by atoms with Crippen molar-refractivity contribution in [1.29, 1.82) is 0 Å². The molecule has 26 heavy (non-hydrogen) atoms. The van der Waals surface area contributed by atoms with E-state index in [2.05, 4.69) is 60.8 Å². The largest absolute Gasteiger partial charge is 0.351 e. The normalized spacial score (nSPS) is 15.0. The monoisotopic (exact) mass is 369 g/mol. The predicted octanol–water partition coefficient (Wildman–Crippen LogP) is 2.97. The average Bonchev–Trinajstić information content (AvgIpc) is 2.68. The Morgan fingerprint density at radius 2 is 1.62 bits per heavy atom. The highest BCUT2D eigenvalue weighted by Crippen LogP contribution is 2.17. The second-order valence-electron chi connectivity index (χ2n) is 7.18. The van der Waals surface area contributed by atoms with E-state index in [1.54, 1.807) is 16.7 Å². The number of carbonyl (C=O) groups is 1. The molecule has 0 aromatic heterocycles. The number of piperidine rings is 1. The summed E-state index contributed by atoms with van der Waals surface area (Å²) >= 11 is 1.58. The van der Waals surface area contributed by atoms with E-state index in [9.17, 15) is 4.79 Å². The van der Waals surface area contributed by atoms with Crippen molar-refractivity contribution in [3.63, 3.8) is 0 Å². The first-order valence-electron chi connectivity index (χ1n) is 9.56. The Labute approximate surface area is 161 Å². The van der Waals surface area contributed by atoms with Crippen molar-refractivity contribution in [3.05, 3.63) is 65.2 Å². The van der Waals surface area contributed by atoms with Crippen LogP contribution < -0.4 is 10.2 Å². The van der Waals surface area contributed by atoms with Crippen LogP contribution in [0, 0.1) is 6.92 Å². The van der Waals surface area contributed by atoms with Crippen molar-refractivity contribution >= 4 is 17.7 Å². The molecule has 1 aliphatic rings. The molecule has 0 atom stereocenters. The van der Waals surface area contributed by atoms with Gasteiger partial charge >= 0.3 is 0 Å².